The number of benzene rings is 7. The molecule has 0 aliphatic rings. The highest BCUT2D eigenvalue weighted by Gasteiger charge is 2.20. The maximum absolute atomic E-state index is 6.50. The van der Waals surface area contributed by atoms with Gasteiger partial charge in [-0.05, 0) is 53.1 Å². The summed E-state index contributed by atoms with van der Waals surface area (Å²) in [6.45, 7) is 0. The lowest BCUT2D eigenvalue weighted by atomic mass is 9.98. The minimum atomic E-state index is 0.897. The number of fused-ring (bicyclic) bond motifs is 8. The summed E-state index contributed by atoms with van der Waals surface area (Å²) in [5.41, 5.74) is 12.1. The van der Waals surface area contributed by atoms with E-state index in [-0.39, 0.29) is 0 Å². The zero-order chi connectivity index (χ0) is 30.9. The van der Waals surface area contributed by atoms with Crippen molar-refractivity contribution in [2.45, 2.75) is 0 Å². The van der Waals surface area contributed by atoms with Crippen molar-refractivity contribution in [3.8, 4) is 38.5 Å². The standard InChI is InChI=1S/C43H26N2OS/c1-3-12-27(13-4-1)34-26-35-42(40-33-17-8-10-21-38(33)46-41(34)40)47-43(44-35)29-24-22-28(23-25-29)31-18-11-20-37-39(31)32-16-7-9-19-36(32)45(37)30-14-5-2-6-15-30/h1-26H. The molecule has 3 heterocycles. The van der Waals surface area contributed by atoms with Crippen LogP contribution in [0.3, 0.4) is 0 Å². The van der Waals surface area contributed by atoms with Crippen LogP contribution >= 0.6 is 11.3 Å². The molecule has 3 aromatic heterocycles. The highest BCUT2D eigenvalue weighted by Crippen LogP contribution is 2.45. The second-order valence-corrected chi connectivity index (χ2v) is 12.9. The Morgan fingerprint density at radius 1 is 0.511 bits per heavy atom. The van der Waals surface area contributed by atoms with E-state index in [2.05, 4.69) is 150 Å². The number of aromatic nitrogens is 2. The largest absolute Gasteiger partial charge is 0.455 e. The molecule has 4 heteroatoms. The van der Waals surface area contributed by atoms with Crippen LogP contribution in [0.4, 0.5) is 0 Å². The van der Waals surface area contributed by atoms with Gasteiger partial charge in [0.15, 0.2) is 0 Å². The molecule has 10 rings (SSSR count). The maximum atomic E-state index is 6.50. The van der Waals surface area contributed by atoms with Crippen LogP contribution in [0, 0.1) is 0 Å². The fourth-order valence-electron chi connectivity index (χ4n) is 7.13. The molecular formula is C43H26N2OS. The van der Waals surface area contributed by atoms with Gasteiger partial charge in [-0.3, -0.25) is 0 Å². The van der Waals surface area contributed by atoms with Crippen LogP contribution in [0.2, 0.25) is 0 Å². The van der Waals surface area contributed by atoms with Crippen LogP contribution < -0.4 is 0 Å². The van der Waals surface area contributed by atoms with Crippen molar-refractivity contribution in [3.05, 3.63) is 158 Å². The molecule has 0 spiro atoms. The average molecular weight is 619 g/mol. The van der Waals surface area contributed by atoms with E-state index in [0.717, 1.165) is 59.5 Å². The van der Waals surface area contributed by atoms with Crippen LogP contribution in [0.5, 0.6) is 0 Å². The van der Waals surface area contributed by atoms with E-state index >= 15 is 0 Å². The van der Waals surface area contributed by atoms with E-state index in [0.29, 0.717) is 0 Å². The molecule has 10 aromatic rings. The van der Waals surface area contributed by atoms with Crippen molar-refractivity contribution in [2.24, 2.45) is 0 Å². The smallest absolute Gasteiger partial charge is 0.144 e. The third-order valence-corrected chi connectivity index (χ3v) is 10.4. The number of para-hydroxylation sites is 3. The first-order valence-corrected chi connectivity index (χ1v) is 16.6. The second kappa shape index (κ2) is 10.3. The first kappa shape index (κ1) is 26.3. The quantitative estimate of drug-likeness (QED) is 0.196. The molecule has 0 fully saturated rings. The summed E-state index contributed by atoms with van der Waals surface area (Å²) in [6.07, 6.45) is 0. The Kier molecular flexibility index (Phi) is 5.74. The highest BCUT2D eigenvalue weighted by molar-refractivity contribution is 7.22. The maximum Gasteiger partial charge on any atom is 0.144 e. The van der Waals surface area contributed by atoms with Gasteiger partial charge in [0.05, 0.1) is 21.3 Å². The van der Waals surface area contributed by atoms with Crippen molar-refractivity contribution in [3.63, 3.8) is 0 Å². The Hall–Kier alpha value is -5.97. The van der Waals surface area contributed by atoms with Gasteiger partial charge in [0.1, 0.15) is 16.2 Å². The summed E-state index contributed by atoms with van der Waals surface area (Å²) < 4.78 is 10.0. The number of furan rings is 1. The van der Waals surface area contributed by atoms with Gasteiger partial charge in [-0.2, -0.15) is 0 Å². The van der Waals surface area contributed by atoms with Gasteiger partial charge in [0.2, 0.25) is 0 Å². The van der Waals surface area contributed by atoms with Crippen LogP contribution in [0.1, 0.15) is 0 Å². The zero-order valence-corrected chi connectivity index (χ0v) is 26.0. The normalized spacial score (nSPS) is 11.8. The fraction of sp³-hybridized carbons (Fsp3) is 0. The van der Waals surface area contributed by atoms with Crippen molar-refractivity contribution in [1.82, 2.24) is 9.55 Å². The summed E-state index contributed by atoms with van der Waals surface area (Å²) in [5, 5.41) is 5.78. The minimum Gasteiger partial charge on any atom is -0.455 e. The van der Waals surface area contributed by atoms with Gasteiger partial charge >= 0.3 is 0 Å². The molecule has 0 atom stereocenters. The number of nitrogens with zero attached hydrogens (tertiary/aromatic N) is 2. The highest BCUT2D eigenvalue weighted by atomic mass is 32.1. The monoisotopic (exact) mass is 618 g/mol. The minimum absolute atomic E-state index is 0.897. The number of thiazole rings is 1. The summed E-state index contributed by atoms with van der Waals surface area (Å²) in [5.74, 6) is 0. The van der Waals surface area contributed by atoms with Crippen LogP contribution in [0.15, 0.2) is 162 Å². The SMILES string of the molecule is c1ccc(-c2cc3nc(-c4ccc(-c5cccc6c5c5ccccc5n6-c5ccccc5)cc4)sc3c3c2oc2ccccc23)cc1. The molecule has 0 saturated heterocycles. The molecule has 47 heavy (non-hydrogen) atoms. The lowest BCUT2D eigenvalue weighted by Crippen LogP contribution is -1.92. The Morgan fingerprint density at radius 2 is 1.17 bits per heavy atom. The topological polar surface area (TPSA) is 31.0 Å². The average Bonchev–Trinajstić information content (AvgIpc) is 3.84. The Morgan fingerprint density at radius 3 is 2.00 bits per heavy atom. The van der Waals surface area contributed by atoms with Gasteiger partial charge in [0, 0.05) is 38.4 Å². The van der Waals surface area contributed by atoms with Crippen LogP contribution in [0.25, 0.3) is 92.5 Å². The summed E-state index contributed by atoms with van der Waals surface area (Å²) in [6, 6.07) is 55.8. The third kappa shape index (κ3) is 4.02. The van der Waals surface area contributed by atoms with Crippen LogP contribution in [-0.4, -0.2) is 9.55 Å². The first-order chi connectivity index (χ1) is 23.3. The Labute approximate surface area is 274 Å². The fourth-order valence-corrected chi connectivity index (χ4v) is 8.24. The summed E-state index contributed by atoms with van der Waals surface area (Å²) >= 11 is 1.74. The van der Waals surface area contributed by atoms with Gasteiger partial charge in [0.25, 0.3) is 0 Å². The molecule has 220 valence electrons. The Bertz CT molecular complexity index is 2770. The van der Waals surface area contributed by atoms with E-state index in [1.807, 2.05) is 12.1 Å². The first-order valence-electron chi connectivity index (χ1n) is 15.8. The van der Waals surface area contributed by atoms with E-state index in [1.54, 1.807) is 11.3 Å². The second-order valence-electron chi connectivity index (χ2n) is 11.9. The van der Waals surface area contributed by atoms with E-state index in [4.69, 9.17) is 9.40 Å². The molecule has 3 nitrogen and oxygen atoms in total. The molecule has 0 radical (unpaired) electrons. The number of hydrogen-bond donors (Lipinski definition) is 0. The van der Waals surface area contributed by atoms with Gasteiger partial charge < -0.3 is 8.98 Å². The van der Waals surface area contributed by atoms with E-state index in [9.17, 15) is 0 Å². The van der Waals surface area contributed by atoms with E-state index < -0.39 is 0 Å². The lowest BCUT2D eigenvalue weighted by molar-refractivity contribution is 0.670. The molecule has 0 saturated carbocycles. The van der Waals surface area contributed by atoms with Crippen molar-refractivity contribution < 1.29 is 4.42 Å². The van der Waals surface area contributed by atoms with Crippen molar-refractivity contribution in [1.29, 1.82) is 0 Å². The lowest BCUT2D eigenvalue weighted by Gasteiger charge is -2.09. The Balaban J connectivity index is 1.13. The zero-order valence-electron chi connectivity index (χ0n) is 25.2. The number of rotatable bonds is 4. The molecule has 0 unspecified atom stereocenters. The molecule has 0 bridgehead atoms. The van der Waals surface area contributed by atoms with Gasteiger partial charge in [-0.1, -0.05) is 121 Å². The molecule has 0 amide bonds. The summed E-state index contributed by atoms with van der Waals surface area (Å²) in [7, 11) is 0. The van der Waals surface area contributed by atoms with Gasteiger partial charge in [-0.25, -0.2) is 4.98 Å². The molecular weight excluding hydrogens is 593 g/mol. The predicted molar refractivity (Wildman–Crippen MR) is 198 cm³/mol. The third-order valence-electron chi connectivity index (χ3n) is 9.24. The van der Waals surface area contributed by atoms with Crippen molar-refractivity contribution in [2.75, 3.05) is 0 Å². The molecule has 0 N–H and O–H groups in total. The molecule has 7 aromatic carbocycles. The predicted octanol–water partition coefficient (Wildman–Crippen LogP) is 12.3. The number of hydrogen-bond acceptors (Lipinski definition) is 3. The van der Waals surface area contributed by atoms with Crippen LogP contribution in [-0.2, 0) is 0 Å². The van der Waals surface area contributed by atoms with Crippen molar-refractivity contribution >= 4 is 65.3 Å². The summed E-state index contributed by atoms with van der Waals surface area (Å²) in [4.78, 5) is 5.21. The molecule has 0 aliphatic heterocycles. The molecule has 0 aliphatic carbocycles. The van der Waals surface area contributed by atoms with E-state index in [1.165, 1.54) is 32.9 Å². The van der Waals surface area contributed by atoms with Gasteiger partial charge in [-0.15, -0.1) is 11.3 Å².